The van der Waals surface area contributed by atoms with Gasteiger partial charge in [-0.3, -0.25) is 4.57 Å². The Morgan fingerprint density at radius 1 is 1.19 bits per heavy atom. The highest BCUT2D eigenvalue weighted by atomic mass is 79.9. The van der Waals surface area contributed by atoms with Crippen LogP contribution in [0.2, 0.25) is 0 Å². The van der Waals surface area contributed by atoms with Gasteiger partial charge in [0.1, 0.15) is 5.82 Å². The standard InChI is InChI=1S/C15H8Br2ClN3/c16-10-2-3-12-14(6-10)21(15(7-18)20-12)13-4-1-9(8-19)5-11(13)17/h1-6H,7H2. The van der Waals surface area contributed by atoms with Gasteiger partial charge in [-0.1, -0.05) is 15.9 Å². The minimum atomic E-state index is 0.304. The minimum Gasteiger partial charge on any atom is -0.294 e. The molecule has 3 aromatic rings. The van der Waals surface area contributed by atoms with E-state index in [1.165, 1.54) is 0 Å². The smallest absolute Gasteiger partial charge is 0.129 e. The number of nitriles is 1. The zero-order chi connectivity index (χ0) is 15.0. The zero-order valence-corrected chi connectivity index (χ0v) is 14.6. The molecule has 2 aromatic carbocycles. The summed E-state index contributed by atoms with van der Waals surface area (Å²) in [5, 5.41) is 8.98. The molecule has 0 radical (unpaired) electrons. The van der Waals surface area contributed by atoms with Gasteiger partial charge >= 0.3 is 0 Å². The van der Waals surface area contributed by atoms with Crippen molar-refractivity contribution < 1.29 is 0 Å². The Morgan fingerprint density at radius 3 is 2.67 bits per heavy atom. The van der Waals surface area contributed by atoms with E-state index < -0.39 is 0 Å². The number of fused-ring (bicyclic) bond motifs is 1. The van der Waals surface area contributed by atoms with E-state index in [2.05, 4.69) is 42.9 Å². The summed E-state index contributed by atoms with van der Waals surface area (Å²) in [6, 6.07) is 13.5. The number of aromatic nitrogens is 2. The maximum atomic E-state index is 8.98. The van der Waals surface area contributed by atoms with E-state index in [1.807, 2.05) is 28.8 Å². The van der Waals surface area contributed by atoms with E-state index in [4.69, 9.17) is 16.9 Å². The van der Waals surface area contributed by atoms with Crippen molar-refractivity contribution >= 4 is 54.5 Å². The van der Waals surface area contributed by atoms with E-state index in [0.717, 1.165) is 31.5 Å². The van der Waals surface area contributed by atoms with Crippen LogP contribution in [0.15, 0.2) is 45.3 Å². The lowest BCUT2D eigenvalue weighted by atomic mass is 10.2. The van der Waals surface area contributed by atoms with Crippen LogP contribution < -0.4 is 0 Å². The number of halogens is 3. The number of alkyl halides is 1. The first-order valence-corrected chi connectivity index (χ1v) is 8.19. The van der Waals surface area contributed by atoms with Gasteiger partial charge in [0.15, 0.2) is 0 Å². The van der Waals surface area contributed by atoms with Gasteiger partial charge < -0.3 is 0 Å². The van der Waals surface area contributed by atoms with Crippen LogP contribution in [-0.4, -0.2) is 9.55 Å². The van der Waals surface area contributed by atoms with Crippen molar-refractivity contribution in [3.05, 3.63) is 56.7 Å². The lowest BCUT2D eigenvalue weighted by Crippen LogP contribution is -2.00. The second-order valence-electron chi connectivity index (χ2n) is 4.41. The zero-order valence-electron chi connectivity index (χ0n) is 10.6. The highest BCUT2D eigenvalue weighted by Crippen LogP contribution is 2.30. The molecule has 0 amide bonds. The Morgan fingerprint density at radius 2 is 2.00 bits per heavy atom. The van der Waals surface area contributed by atoms with Gasteiger partial charge in [0.05, 0.1) is 34.2 Å². The van der Waals surface area contributed by atoms with E-state index in [0.29, 0.717) is 11.4 Å². The highest BCUT2D eigenvalue weighted by molar-refractivity contribution is 9.10. The average Bonchev–Trinajstić information content (AvgIpc) is 2.84. The molecule has 0 fully saturated rings. The monoisotopic (exact) mass is 423 g/mol. The number of nitrogens with zero attached hydrogens (tertiary/aromatic N) is 3. The third kappa shape index (κ3) is 2.59. The first-order chi connectivity index (χ1) is 10.1. The number of imidazole rings is 1. The molecule has 0 atom stereocenters. The molecule has 0 aliphatic heterocycles. The second kappa shape index (κ2) is 5.80. The Balaban J connectivity index is 2.33. The molecule has 0 spiro atoms. The van der Waals surface area contributed by atoms with Crippen molar-refractivity contribution in [2.24, 2.45) is 0 Å². The normalized spacial score (nSPS) is 10.8. The van der Waals surface area contributed by atoms with Gasteiger partial charge in [-0.05, 0) is 52.3 Å². The van der Waals surface area contributed by atoms with Gasteiger partial charge in [-0.2, -0.15) is 5.26 Å². The van der Waals surface area contributed by atoms with Gasteiger partial charge in [-0.15, -0.1) is 11.6 Å². The third-order valence-corrected chi connectivity index (χ3v) is 4.49. The highest BCUT2D eigenvalue weighted by Gasteiger charge is 2.14. The molecule has 3 nitrogen and oxygen atoms in total. The number of hydrogen-bond acceptors (Lipinski definition) is 2. The first kappa shape index (κ1) is 14.6. The predicted octanol–water partition coefficient (Wildman–Crippen LogP) is 5.16. The summed E-state index contributed by atoms with van der Waals surface area (Å²) in [5.41, 5.74) is 3.35. The summed E-state index contributed by atoms with van der Waals surface area (Å²) in [4.78, 5) is 4.56. The molecule has 3 rings (SSSR count). The number of hydrogen-bond donors (Lipinski definition) is 0. The van der Waals surface area contributed by atoms with E-state index in [-0.39, 0.29) is 0 Å². The van der Waals surface area contributed by atoms with Crippen molar-refractivity contribution in [3.63, 3.8) is 0 Å². The van der Waals surface area contributed by atoms with E-state index >= 15 is 0 Å². The molecule has 0 aliphatic carbocycles. The molecule has 0 aliphatic rings. The van der Waals surface area contributed by atoms with Crippen molar-refractivity contribution in [2.75, 3.05) is 0 Å². The average molecular weight is 426 g/mol. The van der Waals surface area contributed by atoms with Crippen molar-refractivity contribution in [1.82, 2.24) is 9.55 Å². The van der Waals surface area contributed by atoms with E-state index in [1.54, 1.807) is 12.1 Å². The summed E-state index contributed by atoms with van der Waals surface area (Å²) in [6.45, 7) is 0. The fourth-order valence-corrected chi connectivity index (χ4v) is 3.30. The molecular weight excluding hydrogens is 417 g/mol. The SMILES string of the molecule is N#Cc1ccc(-n2c(CCl)nc3ccc(Br)cc32)c(Br)c1. The van der Waals surface area contributed by atoms with Crippen LogP contribution in [0.5, 0.6) is 0 Å². The Kier molecular flexibility index (Phi) is 4.03. The number of benzene rings is 2. The van der Waals surface area contributed by atoms with Crippen LogP contribution in [0.4, 0.5) is 0 Å². The van der Waals surface area contributed by atoms with Gasteiger partial charge in [0.25, 0.3) is 0 Å². The lowest BCUT2D eigenvalue weighted by Gasteiger charge is -2.10. The maximum Gasteiger partial charge on any atom is 0.129 e. The van der Waals surface area contributed by atoms with Crippen LogP contribution in [0.25, 0.3) is 16.7 Å². The molecule has 0 N–H and O–H groups in total. The largest absolute Gasteiger partial charge is 0.294 e. The number of rotatable bonds is 2. The van der Waals surface area contributed by atoms with Crippen LogP contribution in [0.3, 0.4) is 0 Å². The summed E-state index contributed by atoms with van der Waals surface area (Å²) in [6.07, 6.45) is 0. The van der Waals surface area contributed by atoms with Crippen LogP contribution >= 0.6 is 43.5 Å². The molecule has 0 unspecified atom stereocenters. The van der Waals surface area contributed by atoms with Gasteiger partial charge in [0, 0.05) is 8.95 Å². The molecular formula is C15H8Br2ClN3. The summed E-state index contributed by atoms with van der Waals surface area (Å²) in [5.74, 6) is 1.06. The molecule has 0 saturated heterocycles. The Hall–Kier alpha value is -1.35. The topological polar surface area (TPSA) is 41.6 Å². The van der Waals surface area contributed by atoms with Gasteiger partial charge in [0.2, 0.25) is 0 Å². The van der Waals surface area contributed by atoms with Crippen LogP contribution in [0, 0.1) is 11.3 Å². The molecule has 1 aromatic heterocycles. The van der Waals surface area contributed by atoms with E-state index in [9.17, 15) is 0 Å². The van der Waals surface area contributed by atoms with Crippen LogP contribution in [-0.2, 0) is 5.88 Å². The quantitative estimate of drug-likeness (QED) is 0.532. The summed E-state index contributed by atoms with van der Waals surface area (Å²) >= 11 is 13.0. The Labute approximate surface area is 143 Å². The molecule has 104 valence electrons. The predicted molar refractivity (Wildman–Crippen MR) is 90.7 cm³/mol. The molecule has 6 heteroatoms. The fourth-order valence-electron chi connectivity index (χ4n) is 2.21. The van der Waals surface area contributed by atoms with Crippen LogP contribution in [0.1, 0.15) is 11.4 Å². The minimum absolute atomic E-state index is 0.304. The molecule has 1 heterocycles. The van der Waals surface area contributed by atoms with Crippen molar-refractivity contribution in [3.8, 4) is 11.8 Å². The Bertz CT molecular complexity index is 880. The second-order valence-corrected chi connectivity index (χ2v) is 6.45. The summed E-state index contributed by atoms with van der Waals surface area (Å²) < 4.78 is 3.80. The molecule has 0 saturated carbocycles. The summed E-state index contributed by atoms with van der Waals surface area (Å²) in [7, 11) is 0. The van der Waals surface area contributed by atoms with Crippen molar-refractivity contribution in [2.45, 2.75) is 5.88 Å². The maximum absolute atomic E-state index is 8.98. The molecule has 21 heavy (non-hydrogen) atoms. The first-order valence-electron chi connectivity index (χ1n) is 6.07. The lowest BCUT2D eigenvalue weighted by molar-refractivity contribution is 0.977. The third-order valence-electron chi connectivity index (χ3n) is 3.12. The van der Waals surface area contributed by atoms with Gasteiger partial charge in [-0.25, -0.2) is 4.98 Å². The van der Waals surface area contributed by atoms with Crippen molar-refractivity contribution in [1.29, 1.82) is 5.26 Å². The fraction of sp³-hybridized carbons (Fsp3) is 0.0667. The molecule has 0 bridgehead atoms.